The zero-order chi connectivity index (χ0) is 98.3. The number of alkyl halides is 3. The molecule has 0 amide bonds. The second kappa shape index (κ2) is 37.9. The summed E-state index contributed by atoms with van der Waals surface area (Å²) in [5, 5.41) is 40.3. The second-order valence-corrected chi connectivity index (χ2v) is 51.0. The minimum Gasteiger partial charge on any atom is -0.469 e. The highest BCUT2D eigenvalue weighted by Crippen LogP contribution is 2.74. The summed E-state index contributed by atoms with van der Waals surface area (Å²) in [4.78, 5) is 75.1. The molecule has 0 aromatic heterocycles. The molecule has 4 aliphatic heterocycles. The first-order valence-electron chi connectivity index (χ1n) is 52.7. The highest BCUT2D eigenvalue weighted by molar-refractivity contribution is 7.87. The topological polar surface area (TPSA) is 330 Å². The van der Waals surface area contributed by atoms with Crippen molar-refractivity contribution in [2.24, 2.45) is 190 Å². The van der Waals surface area contributed by atoms with E-state index < -0.39 is 39.1 Å². The minimum atomic E-state index is -5.71. The Morgan fingerprint density at radius 3 is 1.33 bits per heavy atom. The summed E-state index contributed by atoms with van der Waals surface area (Å²) in [7, 11) is -1.33. The number of aliphatic hydroxyl groups excluding tert-OH is 1. The molecule has 19 fully saturated rings. The van der Waals surface area contributed by atoms with E-state index >= 15 is 0 Å². The quantitative estimate of drug-likeness (QED) is 0.0530. The molecular weight excluding hydrogens is 1760 g/mol. The summed E-state index contributed by atoms with van der Waals surface area (Å²) in [5.74, 6) is 0.656. The Bertz CT molecular complexity index is 4770. The molecule has 23 nitrogen and oxygen atoms in total. The fraction of sp³-hybridized carbons (Fsp3) is 0.881. The zero-order valence-electron chi connectivity index (χ0n) is 84.4. The van der Waals surface area contributed by atoms with Crippen molar-refractivity contribution in [2.45, 2.75) is 350 Å². The molecule has 20 aliphatic rings. The molecule has 0 radical (unpaired) electrons. The van der Waals surface area contributed by atoms with Crippen molar-refractivity contribution in [3.8, 4) is 18.2 Å². The van der Waals surface area contributed by atoms with Crippen LogP contribution in [0.25, 0.3) is 0 Å². The van der Waals surface area contributed by atoms with Crippen LogP contribution < -0.4 is 0 Å². The van der Waals surface area contributed by atoms with Crippen LogP contribution in [0.1, 0.15) is 315 Å². The molecular formula is C109H160F3N3O20S. The van der Waals surface area contributed by atoms with Crippen LogP contribution in [0.5, 0.6) is 0 Å². The summed E-state index contributed by atoms with van der Waals surface area (Å²) in [5.41, 5.74) is -5.87. The molecule has 4 saturated heterocycles. The normalized spacial score (nSPS) is 47.8. The molecule has 15 saturated carbocycles. The van der Waals surface area contributed by atoms with Crippen molar-refractivity contribution in [3.05, 3.63) is 24.0 Å². The van der Waals surface area contributed by atoms with E-state index in [1.165, 1.54) is 33.2 Å². The Balaban J connectivity index is 0.000000124. The van der Waals surface area contributed by atoms with Gasteiger partial charge >= 0.3 is 39.5 Å². The molecule has 27 heteroatoms. The summed E-state index contributed by atoms with van der Waals surface area (Å²) in [6.07, 6.45) is 34.1. The number of hydrogen-bond donors (Lipinski definition) is 1. The number of methoxy groups -OCH3 is 3. The highest BCUT2D eigenvalue weighted by Gasteiger charge is 2.73. The standard InChI is InChI=1S/C23H33F3O5S.C23H35NO4.C23H36O5.C20H29NO4.C20H27NO2/c1-14-4-7-20(2)16-5-8-21(3)17(6-9-22(21)29-10-11-30-22)15(16)13-19(18(20)12-14)31-32(27,28)23(24,25)26;2*1-15-5-8-21(2,19(13-15)20(25)26-4)17-6-9-22(3)18(16(17)14-24)7-10-23(22)27-11-12-28-23;1-19(8-6-12(22)10-16(19)18(24)25-3)15-7-9-20(2)14(13(15)11-21)4-5-17(20)23;1-12-4-5-15-14(11-21)16(7-9-19(12,15)2)20(3)8-6-13-10-17(20)18(22)23-13/h13-18H,4-12H2,1-3H3;15-19H,5-13H2,1-4H3;14-19H,5-13H2,1-4H3;12-16,22H,4-10H2,1-3H3;13-17H,1,4-10H2,2-3H3/t14-,15+,16-,17-,18+,20+,21-;2*15-,16+,17-,18-,19+,21+,22-;12-,13-,14-,15-,16+,19+,20-;13-,14-,15-,16-,17+,19+,20+/m00000/s1. The van der Waals surface area contributed by atoms with E-state index in [2.05, 4.69) is 108 Å². The van der Waals surface area contributed by atoms with Crippen LogP contribution in [0.2, 0.25) is 0 Å². The number of halogens is 3. The predicted molar refractivity (Wildman–Crippen MR) is 497 cm³/mol. The molecule has 758 valence electrons. The second-order valence-electron chi connectivity index (χ2n) is 49.5. The molecule has 2 bridgehead atoms. The van der Waals surface area contributed by atoms with Gasteiger partial charge in [-0.2, -0.15) is 37.4 Å². The van der Waals surface area contributed by atoms with E-state index in [0.717, 1.165) is 193 Å². The average Bonchev–Trinajstić information content (AvgIpc) is 1.52. The van der Waals surface area contributed by atoms with Crippen molar-refractivity contribution in [3.63, 3.8) is 0 Å². The Hall–Kier alpha value is -5.57. The summed E-state index contributed by atoms with van der Waals surface area (Å²) < 4.78 is 126. The third-order valence-corrected chi connectivity index (χ3v) is 45.0. The third kappa shape index (κ3) is 16.6. The number of carbonyl (C=O) groups excluding carboxylic acids is 6. The zero-order valence-corrected chi connectivity index (χ0v) is 85.2. The smallest absolute Gasteiger partial charge is 0.469 e. The van der Waals surface area contributed by atoms with Crippen LogP contribution in [0.4, 0.5) is 13.2 Å². The average molecular weight is 1920 g/mol. The number of Topliss-reactive ketones (excluding diaryl/α,β-unsaturated/α-hetero) is 1. The van der Waals surface area contributed by atoms with Gasteiger partial charge in [0.2, 0.25) is 0 Å². The number of carbonyl (C=O) groups is 6. The first-order valence-corrected chi connectivity index (χ1v) is 54.1. The van der Waals surface area contributed by atoms with Crippen molar-refractivity contribution in [2.75, 3.05) is 61.0 Å². The van der Waals surface area contributed by atoms with Gasteiger partial charge in [0.05, 0.1) is 127 Å². The summed E-state index contributed by atoms with van der Waals surface area (Å²) >= 11 is 0. The lowest BCUT2D eigenvalue weighted by Crippen LogP contribution is -2.56. The van der Waals surface area contributed by atoms with Gasteiger partial charge in [-0.15, -0.1) is 0 Å². The molecule has 1 N–H and O–H groups in total. The van der Waals surface area contributed by atoms with Crippen LogP contribution in [0.15, 0.2) is 24.0 Å². The summed E-state index contributed by atoms with van der Waals surface area (Å²) in [6, 6.07) is 7.89. The van der Waals surface area contributed by atoms with Crippen LogP contribution in [0, 0.1) is 224 Å². The van der Waals surface area contributed by atoms with Gasteiger partial charge in [0, 0.05) is 59.2 Å². The highest BCUT2D eigenvalue weighted by atomic mass is 32.2. The largest absolute Gasteiger partial charge is 0.534 e. The van der Waals surface area contributed by atoms with Gasteiger partial charge in [-0.05, 0) is 301 Å². The molecule has 20 rings (SSSR count). The summed E-state index contributed by atoms with van der Waals surface area (Å²) in [6.45, 7) is 36.6. The van der Waals surface area contributed by atoms with Crippen molar-refractivity contribution in [1.29, 1.82) is 15.8 Å². The fourth-order valence-electron chi connectivity index (χ4n) is 35.5. The maximum atomic E-state index is 13.2. The number of allylic oxidation sites excluding steroid dienone is 3. The van der Waals surface area contributed by atoms with E-state index in [1.54, 1.807) is 6.08 Å². The van der Waals surface area contributed by atoms with E-state index in [0.29, 0.717) is 107 Å². The SMILES string of the molecule is C=C1CC[C@H]2[C@H](C#N)[C@@H]([C@@]3(C)CC[C@H]4C[C@@H]3C(=O)O4)CC[C@]12C.COC(=O)[C@H]1C[C@@H](C)CC[C@]1(C)[C@H]1CC[C@@]2(C)[C@@H](CCC23OCCO3)[C@@H]1C#N.COC(=O)[C@H]1C[C@@H](C)CC[C@]1(C)[C@H]1CC[C@@]2(C)[C@@H](CCC23OCCO3)[C@@H]1C=O.COC(=O)[C@H]1C[C@@H](O)CC[C@]1(C)[C@H]1CC[C@]2(C)C(=O)CC[C@H]2[C@@H]1C#N.C[C@H]1CC[C@@]2(C)[C@H](C1)C(OS(=O)(=O)C(F)(F)F)=C[C@@H]1[C@@H]2CC[C@@]2(C)[C@H]1CCC21OCCO1. The van der Waals surface area contributed by atoms with Gasteiger partial charge in [-0.25, -0.2) is 0 Å². The fourth-order valence-corrected chi connectivity index (χ4v) is 36.0. The molecule has 3 spiro atoms. The van der Waals surface area contributed by atoms with Crippen LogP contribution in [0.3, 0.4) is 0 Å². The lowest BCUT2D eigenvalue weighted by molar-refractivity contribution is -0.242. The lowest BCUT2D eigenvalue weighted by Gasteiger charge is -2.60. The van der Waals surface area contributed by atoms with Crippen LogP contribution in [-0.2, 0) is 90.4 Å². The van der Waals surface area contributed by atoms with E-state index in [-0.39, 0.29) is 196 Å². The Kier molecular flexibility index (Phi) is 28.8. The van der Waals surface area contributed by atoms with Gasteiger partial charge in [0.15, 0.2) is 17.4 Å². The monoisotopic (exact) mass is 1920 g/mol. The Morgan fingerprint density at radius 2 is 0.831 bits per heavy atom. The molecule has 0 aromatic carbocycles. The van der Waals surface area contributed by atoms with Crippen LogP contribution in [-0.4, -0.2) is 146 Å². The van der Waals surface area contributed by atoms with Crippen molar-refractivity contribution in [1.82, 2.24) is 0 Å². The Morgan fingerprint density at radius 1 is 0.449 bits per heavy atom. The predicted octanol–water partition coefficient (Wildman–Crippen LogP) is 20.8. The first-order chi connectivity index (χ1) is 64.1. The number of nitrogens with zero attached hydrogens (tertiary/aromatic N) is 3. The maximum absolute atomic E-state index is 13.2. The molecule has 35 atom stereocenters. The minimum absolute atomic E-state index is 0.00384. The molecule has 0 aromatic rings. The van der Waals surface area contributed by atoms with Gasteiger partial charge in [0.1, 0.15) is 23.9 Å². The maximum Gasteiger partial charge on any atom is 0.534 e. The third-order valence-electron chi connectivity index (χ3n) is 44.0. The van der Waals surface area contributed by atoms with Crippen LogP contribution >= 0.6 is 0 Å². The molecule has 0 unspecified atom stereocenters. The van der Waals surface area contributed by atoms with Gasteiger partial charge in [-0.1, -0.05) is 121 Å². The number of esters is 4. The van der Waals surface area contributed by atoms with Crippen molar-refractivity contribution < 1.29 is 107 Å². The number of aliphatic hydroxyl groups is 1. The van der Waals surface area contributed by atoms with Gasteiger partial charge < -0.3 is 61.5 Å². The first kappa shape index (κ1) is 103. The van der Waals surface area contributed by atoms with Crippen molar-refractivity contribution >= 4 is 46.1 Å². The van der Waals surface area contributed by atoms with E-state index in [4.69, 9.17) is 51.6 Å². The number of rotatable bonds is 10. The molecule has 16 aliphatic carbocycles. The van der Waals surface area contributed by atoms with Gasteiger partial charge in [0.25, 0.3) is 0 Å². The number of ether oxygens (including phenoxy) is 10. The number of aldehydes is 1. The number of nitriles is 3. The van der Waals surface area contributed by atoms with E-state index in [9.17, 15) is 71.2 Å². The van der Waals surface area contributed by atoms with Gasteiger partial charge in [-0.3, -0.25) is 24.0 Å². The molecule has 136 heavy (non-hydrogen) atoms. The molecule has 4 heterocycles. The van der Waals surface area contributed by atoms with E-state index in [1.807, 2.05) is 6.92 Å². The Labute approximate surface area is 807 Å². The number of hydrogen-bond acceptors (Lipinski definition) is 23. The number of fused-ring (bicyclic) bond motifs is 14. The number of ketones is 1. The lowest BCUT2D eigenvalue weighted by atomic mass is 9.46.